The molecule has 5 rings (SSSR count). The maximum atomic E-state index is 13.1. The van der Waals surface area contributed by atoms with E-state index in [4.69, 9.17) is 4.52 Å². The zero-order chi connectivity index (χ0) is 31.2. The number of aromatic nitrogens is 2. The Hall–Kier alpha value is -3.94. The summed E-state index contributed by atoms with van der Waals surface area (Å²) in [6.45, 7) is 11.2. The van der Waals surface area contributed by atoms with Gasteiger partial charge in [0.15, 0.2) is 0 Å². The van der Waals surface area contributed by atoms with Gasteiger partial charge in [0.2, 0.25) is 0 Å². The number of pyridine rings is 1. The number of amides is 1. The van der Waals surface area contributed by atoms with E-state index in [2.05, 4.69) is 39.1 Å². The molecular formula is C29H36F3N7O4. The fraction of sp³-hybridized carbons (Fsp3) is 0.552. The van der Waals surface area contributed by atoms with Crippen LogP contribution in [0.15, 0.2) is 26.4 Å². The lowest BCUT2D eigenvalue weighted by atomic mass is 9.97. The van der Waals surface area contributed by atoms with E-state index in [1.807, 2.05) is 17.1 Å². The molecule has 3 aromatic rings. The number of rotatable bonds is 7. The van der Waals surface area contributed by atoms with Gasteiger partial charge in [0.1, 0.15) is 35.1 Å². The van der Waals surface area contributed by atoms with Crippen LogP contribution in [0.1, 0.15) is 54.1 Å². The van der Waals surface area contributed by atoms with Crippen LogP contribution in [-0.2, 0) is 0 Å². The predicted octanol–water partition coefficient (Wildman–Crippen LogP) is 3.51. The van der Waals surface area contributed by atoms with Crippen molar-refractivity contribution in [1.29, 1.82) is 0 Å². The van der Waals surface area contributed by atoms with E-state index >= 15 is 0 Å². The number of hydrogen-bond donors (Lipinski definition) is 2. The molecule has 0 spiro atoms. The van der Waals surface area contributed by atoms with E-state index in [1.165, 1.54) is 6.20 Å². The quantitative estimate of drug-likeness (QED) is 0.388. The fourth-order valence-corrected chi connectivity index (χ4v) is 6.25. The van der Waals surface area contributed by atoms with Crippen molar-refractivity contribution in [3.05, 3.63) is 55.3 Å². The summed E-state index contributed by atoms with van der Waals surface area (Å²) >= 11 is 0. The lowest BCUT2D eigenvalue weighted by Crippen LogP contribution is -2.61. The molecule has 14 heteroatoms. The van der Waals surface area contributed by atoms with E-state index in [0.29, 0.717) is 41.8 Å². The van der Waals surface area contributed by atoms with Crippen LogP contribution in [0, 0.1) is 20.8 Å². The van der Waals surface area contributed by atoms with Crippen molar-refractivity contribution in [2.45, 2.75) is 71.8 Å². The van der Waals surface area contributed by atoms with Gasteiger partial charge < -0.3 is 25.0 Å². The number of nitrogens with one attached hydrogen (secondary N) is 2. The molecule has 0 saturated carbocycles. The summed E-state index contributed by atoms with van der Waals surface area (Å²) in [5, 5.41) is 8.69. The van der Waals surface area contributed by atoms with Crippen molar-refractivity contribution < 1.29 is 22.5 Å². The van der Waals surface area contributed by atoms with E-state index in [1.54, 1.807) is 19.9 Å². The van der Waals surface area contributed by atoms with Crippen LogP contribution in [-0.4, -0.2) is 82.9 Å². The Bertz CT molecular complexity index is 1550. The van der Waals surface area contributed by atoms with Crippen LogP contribution in [0.5, 0.6) is 0 Å². The van der Waals surface area contributed by atoms with Gasteiger partial charge in [0.25, 0.3) is 16.8 Å². The highest BCUT2D eigenvalue weighted by Gasteiger charge is 2.37. The fourth-order valence-electron chi connectivity index (χ4n) is 6.25. The van der Waals surface area contributed by atoms with Crippen molar-refractivity contribution in [3.8, 4) is 0 Å². The number of likely N-dealkylation sites (tertiary alicyclic amines) is 1. The van der Waals surface area contributed by atoms with Gasteiger partial charge in [0, 0.05) is 44.3 Å². The largest absolute Gasteiger partial charge is 0.405 e. The normalized spacial score (nSPS) is 20.6. The van der Waals surface area contributed by atoms with Crippen LogP contribution in [0.3, 0.4) is 0 Å². The number of carbonyl (C=O) groups is 1. The van der Waals surface area contributed by atoms with E-state index < -0.39 is 23.6 Å². The lowest BCUT2D eigenvalue weighted by molar-refractivity contribution is -0.115. The molecule has 2 atom stereocenters. The van der Waals surface area contributed by atoms with Crippen molar-refractivity contribution in [3.63, 3.8) is 0 Å². The molecule has 2 saturated heterocycles. The van der Waals surface area contributed by atoms with Gasteiger partial charge in [-0.25, -0.2) is 4.98 Å². The number of alkyl halides is 3. The first-order chi connectivity index (χ1) is 20.2. The summed E-state index contributed by atoms with van der Waals surface area (Å²) in [6, 6.07) is 2.50. The van der Waals surface area contributed by atoms with Crippen molar-refractivity contribution in [2.75, 3.05) is 48.3 Å². The highest BCUT2D eigenvalue weighted by molar-refractivity contribution is 5.96. The van der Waals surface area contributed by atoms with Crippen molar-refractivity contribution in [1.82, 2.24) is 19.9 Å². The van der Waals surface area contributed by atoms with Gasteiger partial charge in [-0.2, -0.15) is 13.2 Å². The minimum Gasteiger partial charge on any atom is -0.371 e. The second-order valence-electron chi connectivity index (χ2n) is 11.6. The number of piperazine rings is 1. The molecule has 1 amide bonds. The number of aryl methyl sites for hydroxylation is 3. The van der Waals surface area contributed by atoms with Crippen molar-refractivity contribution >= 4 is 28.8 Å². The number of nitrogens with zero attached hydrogens (tertiary/aromatic N) is 5. The molecule has 43 heavy (non-hydrogen) atoms. The number of carbonyl (C=O) groups excluding carboxylic acids is 1. The standard InChI is InChI=1S/C29H36F3N7O4/c1-15-10-20(35-24-23(25(40)26(24)41)34-14-29(30,31)32)11-33-27(15)39-13-16(2)38(12-17(39)3)21-6-8-37(9-7-21)28(42)22-18(4)36-43-19(22)5/h10-11,16-17,21,34-35H,6-9,12-14H2,1-5H3/t16-,17+/m1/s1. The van der Waals surface area contributed by atoms with E-state index in [-0.39, 0.29) is 29.4 Å². The first kappa shape index (κ1) is 30.5. The molecule has 232 valence electrons. The monoisotopic (exact) mass is 603 g/mol. The molecule has 1 aromatic carbocycles. The molecule has 0 unspecified atom stereocenters. The van der Waals surface area contributed by atoms with Gasteiger partial charge in [-0.3, -0.25) is 19.3 Å². The van der Waals surface area contributed by atoms with Gasteiger partial charge >= 0.3 is 6.18 Å². The molecule has 0 radical (unpaired) electrons. The average molecular weight is 604 g/mol. The van der Waals surface area contributed by atoms with Gasteiger partial charge in [0.05, 0.1) is 17.6 Å². The number of anilines is 4. The Morgan fingerprint density at radius 1 is 1.05 bits per heavy atom. The first-order valence-electron chi connectivity index (χ1n) is 14.4. The first-order valence-corrected chi connectivity index (χ1v) is 14.4. The third-order valence-corrected chi connectivity index (χ3v) is 8.47. The van der Waals surface area contributed by atoms with Crippen molar-refractivity contribution in [2.24, 2.45) is 0 Å². The smallest absolute Gasteiger partial charge is 0.371 e. The lowest BCUT2D eigenvalue weighted by Gasteiger charge is -2.49. The molecule has 11 nitrogen and oxygen atoms in total. The van der Waals surface area contributed by atoms with Crippen LogP contribution in [0.2, 0.25) is 0 Å². The second-order valence-corrected chi connectivity index (χ2v) is 11.6. The van der Waals surface area contributed by atoms with Crippen LogP contribution < -0.4 is 26.4 Å². The minimum absolute atomic E-state index is 0.0289. The van der Waals surface area contributed by atoms with E-state index in [0.717, 1.165) is 37.3 Å². The summed E-state index contributed by atoms with van der Waals surface area (Å²) < 4.78 is 43.0. The maximum absolute atomic E-state index is 13.1. The van der Waals surface area contributed by atoms with Gasteiger partial charge in [-0.15, -0.1) is 0 Å². The molecular weight excluding hydrogens is 567 g/mol. The third-order valence-electron chi connectivity index (χ3n) is 8.47. The number of hydrogen-bond acceptors (Lipinski definition) is 10. The average Bonchev–Trinajstić information content (AvgIpc) is 3.30. The topological polar surface area (TPSA) is 124 Å². The Balaban J connectivity index is 1.20. The minimum atomic E-state index is -4.53. The Labute approximate surface area is 246 Å². The van der Waals surface area contributed by atoms with Gasteiger partial charge in [-0.05, 0) is 59.1 Å². The SMILES string of the molecule is Cc1cc(Nc2c(NCC(F)(F)F)c(=O)c2=O)cnc1N1C[C@@H](C)N(C2CCN(C(=O)c3c(C)noc3C)CC2)C[C@@H]1C. The summed E-state index contributed by atoms with van der Waals surface area (Å²) in [6.07, 6.45) is -1.26. The zero-order valence-corrected chi connectivity index (χ0v) is 24.8. The Morgan fingerprint density at radius 3 is 2.33 bits per heavy atom. The highest BCUT2D eigenvalue weighted by Crippen LogP contribution is 2.31. The third kappa shape index (κ3) is 6.10. The summed E-state index contributed by atoms with van der Waals surface area (Å²) in [7, 11) is 0. The molecule has 2 fully saturated rings. The van der Waals surface area contributed by atoms with Crippen LogP contribution >= 0.6 is 0 Å². The molecule has 2 aliphatic rings. The predicted molar refractivity (Wildman–Crippen MR) is 156 cm³/mol. The van der Waals surface area contributed by atoms with Crippen LogP contribution in [0.25, 0.3) is 0 Å². The molecule has 2 aromatic heterocycles. The molecule has 0 aliphatic carbocycles. The molecule has 0 bridgehead atoms. The summed E-state index contributed by atoms with van der Waals surface area (Å²) in [5.74, 6) is 1.30. The number of halogens is 3. The Kier molecular flexibility index (Phi) is 8.25. The zero-order valence-electron chi connectivity index (χ0n) is 24.8. The van der Waals surface area contributed by atoms with Gasteiger partial charge in [-0.1, -0.05) is 5.16 Å². The summed E-state index contributed by atoms with van der Waals surface area (Å²) in [5.41, 5.74) is -0.0218. The Morgan fingerprint density at radius 2 is 1.72 bits per heavy atom. The molecule has 2 N–H and O–H groups in total. The second kappa shape index (κ2) is 11.6. The van der Waals surface area contributed by atoms with Crippen LogP contribution in [0.4, 0.5) is 36.1 Å². The molecule has 4 heterocycles. The van der Waals surface area contributed by atoms with E-state index in [9.17, 15) is 27.6 Å². The maximum Gasteiger partial charge on any atom is 0.405 e. The molecule has 2 aliphatic heterocycles. The summed E-state index contributed by atoms with van der Waals surface area (Å²) in [4.78, 5) is 48.2. The number of piperidine rings is 1. The highest BCUT2D eigenvalue weighted by atomic mass is 19.4.